The van der Waals surface area contributed by atoms with E-state index in [-0.39, 0.29) is 10.0 Å². The van der Waals surface area contributed by atoms with Crippen molar-refractivity contribution >= 4 is 12.1 Å². The second-order valence-corrected chi connectivity index (χ2v) is 2.95. The van der Waals surface area contributed by atoms with Crippen LogP contribution in [0.2, 0.25) is 0 Å². The van der Waals surface area contributed by atoms with E-state index >= 15 is 0 Å². The van der Waals surface area contributed by atoms with Gasteiger partial charge < -0.3 is 10.6 Å². The van der Waals surface area contributed by atoms with Crippen molar-refractivity contribution in [3.8, 4) is 0 Å². The van der Waals surface area contributed by atoms with Gasteiger partial charge in [-0.1, -0.05) is 0 Å². The van der Waals surface area contributed by atoms with E-state index in [1.807, 2.05) is 10.6 Å². The van der Waals surface area contributed by atoms with E-state index in [9.17, 15) is 29.8 Å². The van der Waals surface area contributed by atoms with E-state index in [4.69, 9.17) is 0 Å². The minimum absolute atomic E-state index is 0.0894. The van der Waals surface area contributed by atoms with Gasteiger partial charge in [0.1, 0.15) is 0 Å². The average molecular weight is 232 g/mol. The van der Waals surface area contributed by atoms with Crippen LogP contribution in [-0.2, 0) is 0 Å². The summed E-state index contributed by atoms with van der Waals surface area (Å²) in [7, 11) is 0. The Morgan fingerprint density at radius 1 is 0.938 bits per heavy atom. The van der Waals surface area contributed by atoms with Gasteiger partial charge in [0.15, 0.2) is 10.1 Å². The van der Waals surface area contributed by atoms with Crippen LogP contribution < -0.4 is 10.6 Å². The minimum atomic E-state index is -1.39. The number of hydrazine groups is 2. The molecule has 2 fully saturated rings. The SMILES string of the molecule is O=C1N[C@@H]2[C@@H](NC(=O)N2[N+](=O)[O-])N1[N+](=O)[O-]. The number of rotatable bonds is 2. The third-order valence-electron chi connectivity index (χ3n) is 2.14. The van der Waals surface area contributed by atoms with Gasteiger partial charge in [-0.2, -0.15) is 0 Å². The van der Waals surface area contributed by atoms with Gasteiger partial charge in [0.25, 0.3) is 0 Å². The maximum absolute atomic E-state index is 11.1. The molecule has 0 aromatic rings. The lowest BCUT2D eigenvalue weighted by Crippen LogP contribution is -2.46. The number of nitro groups is 2. The second kappa shape index (κ2) is 2.91. The van der Waals surface area contributed by atoms with Gasteiger partial charge in [0.05, 0.1) is 0 Å². The number of urea groups is 2. The van der Waals surface area contributed by atoms with E-state index in [0.29, 0.717) is 0 Å². The molecule has 4 amide bonds. The third-order valence-corrected chi connectivity index (χ3v) is 2.14. The predicted molar refractivity (Wildman–Crippen MR) is 42.3 cm³/mol. The van der Waals surface area contributed by atoms with Crippen LogP contribution in [0.1, 0.15) is 0 Å². The first-order chi connectivity index (χ1) is 7.43. The molecule has 0 unspecified atom stereocenters. The molecule has 2 saturated heterocycles. The zero-order valence-corrected chi connectivity index (χ0v) is 7.39. The quantitative estimate of drug-likeness (QED) is 0.418. The summed E-state index contributed by atoms with van der Waals surface area (Å²) in [6, 6.07) is -2.24. The fourth-order valence-corrected chi connectivity index (χ4v) is 1.54. The van der Waals surface area contributed by atoms with Crippen molar-refractivity contribution in [1.29, 1.82) is 0 Å². The molecule has 0 aliphatic carbocycles. The first-order valence-corrected chi connectivity index (χ1v) is 3.91. The maximum atomic E-state index is 11.1. The molecule has 0 aromatic heterocycles. The van der Waals surface area contributed by atoms with Gasteiger partial charge in [0, 0.05) is 0 Å². The molecule has 0 aromatic carbocycles. The van der Waals surface area contributed by atoms with Crippen LogP contribution in [0.5, 0.6) is 0 Å². The topological polar surface area (TPSA) is 151 Å². The number of amides is 4. The fraction of sp³-hybridized carbons (Fsp3) is 0.500. The van der Waals surface area contributed by atoms with Crippen molar-refractivity contribution < 1.29 is 19.7 Å². The van der Waals surface area contributed by atoms with Crippen molar-refractivity contribution in [1.82, 2.24) is 20.7 Å². The number of carbonyl (C=O) groups is 2. The molecule has 86 valence electrons. The predicted octanol–water partition coefficient (Wildman–Crippen LogP) is -1.93. The first-order valence-electron chi connectivity index (χ1n) is 3.91. The molecule has 0 radical (unpaired) electrons. The Labute approximate surface area is 86.0 Å². The Balaban J connectivity index is 2.32. The van der Waals surface area contributed by atoms with Crippen LogP contribution in [0.3, 0.4) is 0 Å². The molecule has 12 nitrogen and oxygen atoms in total. The summed E-state index contributed by atoms with van der Waals surface area (Å²) in [5.74, 6) is 0. The number of nitrogens with zero attached hydrogens (tertiary/aromatic N) is 4. The van der Waals surface area contributed by atoms with E-state index in [2.05, 4.69) is 0 Å². The zero-order valence-electron chi connectivity index (χ0n) is 7.39. The largest absolute Gasteiger partial charge is 0.379 e. The number of hydrogen-bond acceptors (Lipinski definition) is 6. The van der Waals surface area contributed by atoms with E-state index in [1.54, 1.807) is 0 Å². The standard InChI is InChI=1S/C4H4N6O6/c11-3-5-1-2(8(3)10(15)16)6-4(12)7(1)9(13)14/h1-2H,(H,5,11)(H,6,12)/t1-,2-/m0/s1. The average Bonchev–Trinajstić information content (AvgIpc) is 2.55. The van der Waals surface area contributed by atoms with Crippen LogP contribution >= 0.6 is 0 Å². The number of carbonyl (C=O) groups excluding carboxylic acids is 2. The minimum Gasteiger partial charge on any atom is -0.304 e. The van der Waals surface area contributed by atoms with Gasteiger partial charge in [-0.05, 0) is 10.0 Å². The van der Waals surface area contributed by atoms with Crippen molar-refractivity contribution in [3.63, 3.8) is 0 Å². The lowest BCUT2D eigenvalue weighted by Gasteiger charge is -2.09. The molecular weight excluding hydrogens is 228 g/mol. The molecule has 2 aliphatic heterocycles. The smallest absolute Gasteiger partial charge is 0.304 e. The summed E-state index contributed by atoms with van der Waals surface area (Å²) >= 11 is 0. The lowest BCUT2D eigenvalue weighted by atomic mass is 10.4. The Morgan fingerprint density at radius 3 is 1.50 bits per heavy atom. The van der Waals surface area contributed by atoms with Crippen LogP contribution in [0.4, 0.5) is 9.59 Å². The number of nitrogens with one attached hydrogen (secondary N) is 2. The highest BCUT2D eigenvalue weighted by Gasteiger charge is 2.61. The van der Waals surface area contributed by atoms with Crippen LogP contribution in [0, 0.1) is 20.2 Å². The Morgan fingerprint density at radius 2 is 1.25 bits per heavy atom. The summed E-state index contributed by atoms with van der Waals surface area (Å²) < 4.78 is 0. The Bertz CT molecular complexity index is 370. The highest BCUT2D eigenvalue weighted by atomic mass is 16.7. The van der Waals surface area contributed by atoms with Crippen molar-refractivity contribution in [2.45, 2.75) is 12.3 Å². The Hall–Kier alpha value is -2.66. The van der Waals surface area contributed by atoms with E-state index in [1.165, 1.54) is 0 Å². The van der Waals surface area contributed by atoms with Gasteiger partial charge in [-0.25, -0.2) is 29.8 Å². The third kappa shape index (κ3) is 1.09. The molecule has 2 atom stereocenters. The van der Waals surface area contributed by atoms with Crippen LogP contribution in [0.15, 0.2) is 0 Å². The highest BCUT2D eigenvalue weighted by molar-refractivity contribution is 5.83. The molecule has 0 saturated carbocycles. The van der Waals surface area contributed by atoms with Crippen molar-refractivity contribution in [2.75, 3.05) is 0 Å². The first kappa shape index (κ1) is 9.88. The zero-order chi connectivity index (χ0) is 12.0. The van der Waals surface area contributed by atoms with E-state index < -0.39 is 34.5 Å². The van der Waals surface area contributed by atoms with E-state index in [0.717, 1.165) is 0 Å². The van der Waals surface area contributed by atoms with Gasteiger partial charge in [0.2, 0.25) is 12.3 Å². The second-order valence-electron chi connectivity index (χ2n) is 2.95. The van der Waals surface area contributed by atoms with Gasteiger partial charge in [-0.3, -0.25) is 0 Å². The summed E-state index contributed by atoms with van der Waals surface area (Å²) in [4.78, 5) is 43.1. The van der Waals surface area contributed by atoms with Crippen LogP contribution in [0.25, 0.3) is 0 Å². The molecule has 2 N–H and O–H groups in total. The summed E-state index contributed by atoms with van der Waals surface area (Å²) in [5.41, 5.74) is 0. The molecule has 16 heavy (non-hydrogen) atoms. The molecule has 2 aliphatic rings. The van der Waals surface area contributed by atoms with Gasteiger partial charge in [-0.15, -0.1) is 0 Å². The number of fused-ring (bicyclic) bond motifs is 1. The Kier molecular flexibility index (Phi) is 1.80. The van der Waals surface area contributed by atoms with Crippen LogP contribution in [-0.4, -0.2) is 44.5 Å². The molecule has 2 heterocycles. The molecule has 2 rings (SSSR count). The maximum Gasteiger partial charge on any atom is 0.379 e. The lowest BCUT2D eigenvalue weighted by molar-refractivity contribution is -0.651. The molecule has 0 spiro atoms. The highest BCUT2D eigenvalue weighted by Crippen LogP contribution is 2.20. The normalized spacial score (nSPS) is 27.5. The van der Waals surface area contributed by atoms with Crippen molar-refractivity contribution in [2.24, 2.45) is 0 Å². The monoisotopic (exact) mass is 232 g/mol. The van der Waals surface area contributed by atoms with Crippen molar-refractivity contribution in [3.05, 3.63) is 20.2 Å². The number of hydrogen-bond donors (Lipinski definition) is 2. The molecule has 0 bridgehead atoms. The summed E-state index contributed by atoms with van der Waals surface area (Å²) in [6.45, 7) is 0. The summed E-state index contributed by atoms with van der Waals surface area (Å²) in [5, 5.41) is 22.9. The molecule has 12 heteroatoms. The fourth-order valence-electron chi connectivity index (χ4n) is 1.54. The summed E-state index contributed by atoms with van der Waals surface area (Å²) in [6.07, 6.45) is -2.78. The molecular formula is C4H4N6O6. The van der Waals surface area contributed by atoms with Gasteiger partial charge >= 0.3 is 12.1 Å².